The summed E-state index contributed by atoms with van der Waals surface area (Å²) in [5.41, 5.74) is 3.18. The lowest BCUT2D eigenvalue weighted by Crippen LogP contribution is -2.47. The predicted molar refractivity (Wildman–Crippen MR) is 110 cm³/mol. The van der Waals surface area contributed by atoms with Crippen LogP contribution >= 0.6 is 11.3 Å². The summed E-state index contributed by atoms with van der Waals surface area (Å²) in [6.45, 7) is 7.19. The molecule has 6 nitrogen and oxygen atoms in total. The van der Waals surface area contributed by atoms with Gasteiger partial charge in [-0.25, -0.2) is 4.98 Å². The van der Waals surface area contributed by atoms with Gasteiger partial charge in [0.25, 0.3) is 0 Å². The third-order valence-corrected chi connectivity index (χ3v) is 6.37. The quantitative estimate of drug-likeness (QED) is 0.830. The molecule has 0 radical (unpaired) electrons. The summed E-state index contributed by atoms with van der Waals surface area (Å²) >= 11 is 1.46. The molecule has 2 saturated heterocycles. The van der Waals surface area contributed by atoms with Crippen LogP contribution in [0.2, 0.25) is 0 Å². The Hall–Kier alpha value is -1.80. The maximum absolute atomic E-state index is 12.7. The zero-order chi connectivity index (χ0) is 19.5. The molecule has 3 heterocycles. The molecule has 1 aromatic carbocycles. The highest BCUT2D eigenvalue weighted by Gasteiger charge is 2.33. The summed E-state index contributed by atoms with van der Waals surface area (Å²) in [5.74, 6) is 0.432. The summed E-state index contributed by atoms with van der Waals surface area (Å²) < 4.78 is 11.3. The molecule has 0 bridgehead atoms. The summed E-state index contributed by atoms with van der Waals surface area (Å²) in [5, 5.41) is 5.62. The smallest absolute Gasteiger partial charge is 0.243 e. The van der Waals surface area contributed by atoms with E-state index in [4.69, 9.17) is 9.47 Å². The van der Waals surface area contributed by atoms with E-state index in [1.54, 1.807) is 0 Å². The molecule has 0 spiro atoms. The van der Waals surface area contributed by atoms with E-state index < -0.39 is 0 Å². The molecular weight excluding hydrogens is 374 g/mol. The van der Waals surface area contributed by atoms with Gasteiger partial charge in [0.2, 0.25) is 5.91 Å². The molecule has 7 heteroatoms. The van der Waals surface area contributed by atoms with Crippen LogP contribution in [0.5, 0.6) is 0 Å². The molecule has 2 aliphatic heterocycles. The van der Waals surface area contributed by atoms with Gasteiger partial charge in [0.1, 0.15) is 0 Å². The van der Waals surface area contributed by atoms with Crippen molar-refractivity contribution in [1.82, 2.24) is 9.88 Å². The molecule has 1 aromatic heterocycles. The maximum Gasteiger partial charge on any atom is 0.243 e. The van der Waals surface area contributed by atoms with Crippen LogP contribution in [0.1, 0.15) is 25.3 Å². The number of carbonyl (C=O) groups excluding carboxylic acids is 1. The normalized spacial score (nSPS) is 20.4. The fourth-order valence-corrected chi connectivity index (χ4v) is 4.51. The fraction of sp³-hybridized carbons (Fsp3) is 0.524. The number of hydrogen-bond donors (Lipinski definition) is 1. The molecule has 2 fully saturated rings. The number of carbonyl (C=O) groups is 1. The average Bonchev–Trinajstić information content (AvgIpc) is 3.40. The summed E-state index contributed by atoms with van der Waals surface area (Å²) in [4.78, 5) is 19.5. The van der Waals surface area contributed by atoms with Crippen LogP contribution in [0.15, 0.2) is 29.6 Å². The minimum atomic E-state index is -0.182. The topological polar surface area (TPSA) is 63.7 Å². The van der Waals surface area contributed by atoms with Crippen molar-refractivity contribution in [1.29, 1.82) is 0 Å². The van der Waals surface area contributed by atoms with Crippen LogP contribution in [-0.4, -0.2) is 54.4 Å². The van der Waals surface area contributed by atoms with E-state index in [0.717, 1.165) is 37.2 Å². The molecule has 4 rings (SSSR count). The van der Waals surface area contributed by atoms with Crippen molar-refractivity contribution in [3.63, 3.8) is 0 Å². The number of benzene rings is 1. The second-order valence-corrected chi connectivity index (χ2v) is 8.41. The molecule has 0 saturated carbocycles. The molecule has 1 amide bonds. The number of rotatable bonds is 5. The van der Waals surface area contributed by atoms with Crippen LogP contribution in [0.25, 0.3) is 11.3 Å². The number of amides is 1. The number of piperidine rings is 1. The monoisotopic (exact) mass is 401 g/mol. The first kappa shape index (κ1) is 19.5. The van der Waals surface area contributed by atoms with E-state index in [0.29, 0.717) is 24.3 Å². The number of aryl methyl sites for hydroxylation is 1. The van der Waals surface area contributed by atoms with Crippen LogP contribution in [0.3, 0.4) is 0 Å². The van der Waals surface area contributed by atoms with Gasteiger partial charge in [0.15, 0.2) is 11.4 Å². The van der Waals surface area contributed by atoms with Gasteiger partial charge in [-0.2, -0.15) is 0 Å². The van der Waals surface area contributed by atoms with Crippen LogP contribution in [0, 0.1) is 12.8 Å². The highest BCUT2D eigenvalue weighted by Crippen LogP contribution is 2.28. The van der Waals surface area contributed by atoms with E-state index in [1.807, 2.05) is 12.3 Å². The van der Waals surface area contributed by atoms with E-state index in [2.05, 4.69) is 46.4 Å². The lowest BCUT2D eigenvalue weighted by atomic mass is 9.95. The second-order valence-electron chi connectivity index (χ2n) is 7.55. The van der Waals surface area contributed by atoms with Gasteiger partial charge in [0, 0.05) is 16.9 Å². The molecule has 2 aromatic rings. The Morgan fingerprint density at radius 1 is 1.21 bits per heavy atom. The molecule has 1 unspecified atom stereocenters. The number of ether oxygens (including phenoxy) is 2. The molecule has 28 heavy (non-hydrogen) atoms. The van der Waals surface area contributed by atoms with Gasteiger partial charge in [0.05, 0.1) is 24.9 Å². The first-order valence-corrected chi connectivity index (χ1v) is 10.8. The molecule has 1 N–H and O–H groups in total. The largest absolute Gasteiger partial charge is 0.350 e. The Balaban J connectivity index is 1.30. The highest BCUT2D eigenvalue weighted by atomic mass is 32.1. The number of aromatic nitrogens is 1. The molecule has 1 atom stereocenters. The van der Waals surface area contributed by atoms with Gasteiger partial charge in [-0.3, -0.25) is 9.69 Å². The minimum absolute atomic E-state index is 0.00313. The number of anilines is 1. The SMILES string of the molecule is Cc1ccc(-c2csc(NC(=O)C(C)N3CCC(C4OCCO4)CC3)n2)cc1. The van der Waals surface area contributed by atoms with Gasteiger partial charge >= 0.3 is 0 Å². The summed E-state index contributed by atoms with van der Waals surface area (Å²) in [6, 6.07) is 8.07. The number of thiazole rings is 1. The second kappa shape index (κ2) is 8.69. The molecule has 150 valence electrons. The van der Waals surface area contributed by atoms with Crippen molar-refractivity contribution in [3.05, 3.63) is 35.2 Å². The van der Waals surface area contributed by atoms with Gasteiger partial charge in [-0.1, -0.05) is 29.8 Å². The van der Waals surface area contributed by atoms with Crippen molar-refractivity contribution >= 4 is 22.4 Å². The van der Waals surface area contributed by atoms with Gasteiger partial charge in [-0.05, 0) is 39.8 Å². The average molecular weight is 402 g/mol. The molecular formula is C21H27N3O3S. The van der Waals surface area contributed by atoms with E-state index in [-0.39, 0.29) is 18.2 Å². The van der Waals surface area contributed by atoms with Gasteiger partial charge in [-0.15, -0.1) is 11.3 Å². The Kier molecular flexibility index (Phi) is 6.06. The van der Waals surface area contributed by atoms with Crippen LogP contribution in [0.4, 0.5) is 5.13 Å². The Morgan fingerprint density at radius 2 is 1.89 bits per heavy atom. The van der Waals surface area contributed by atoms with Crippen molar-refractivity contribution in [3.8, 4) is 11.3 Å². The third-order valence-electron chi connectivity index (χ3n) is 5.62. The third kappa shape index (κ3) is 4.43. The molecule has 2 aliphatic rings. The lowest BCUT2D eigenvalue weighted by Gasteiger charge is -2.36. The van der Waals surface area contributed by atoms with E-state index >= 15 is 0 Å². The van der Waals surface area contributed by atoms with E-state index in [9.17, 15) is 4.79 Å². The standard InChI is InChI=1S/C21H27N3O3S/c1-14-3-5-16(6-4-14)18-13-28-21(22-18)23-19(25)15(2)24-9-7-17(8-10-24)20-26-11-12-27-20/h3-6,13,15,17,20H,7-12H2,1-2H3,(H,22,23,25). The number of nitrogens with one attached hydrogen (secondary N) is 1. The number of likely N-dealkylation sites (tertiary alicyclic amines) is 1. The van der Waals surface area contributed by atoms with Crippen molar-refractivity contribution < 1.29 is 14.3 Å². The predicted octanol–water partition coefficient (Wildman–Crippen LogP) is 3.53. The fourth-order valence-electron chi connectivity index (χ4n) is 3.79. The summed E-state index contributed by atoms with van der Waals surface area (Å²) in [6.07, 6.45) is 1.94. The Bertz CT molecular complexity index is 793. The Labute approximate surface area is 169 Å². The first-order valence-electron chi connectivity index (χ1n) is 9.91. The number of hydrogen-bond acceptors (Lipinski definition) is 6. The summed E-state index contributed by atoms with van der Waals surface area (Å²) in [7, 11) is 0. The zero-order valence-electron chi connectivity index (χ0n) is 16.4. The van der Waals surface area contributed by atoms with Crippen molar-refractivity contribution in [2.75, 3.05) is 31.6 Å². The minimum Gasteiger partial charge on any atom is -0.350 e. The van der Waals surface area contributed by atoms with Crippen LogP contribution < -0.4 is 5.32 Å². The molecule has 0 aliphatic carbocycles. The maximum atomic E-state index is 12.7. The van der Waals surface area contributed by atoms with Crippen LogP contribution in [-0.2, 0) is 14.3 Å². The Morgan fingerprint density at radius 3 is 2.57 bits per heavy atom. The lowest BCUT2D eigenvalue weighted by molar-refractivity contribution is -0.123. The highest BCUT2D eigenvalue weighted by molar-refractivity contribution is 7.14. The first-order chi connectivity index (χ1) is 13.6. The van der Waals surface area contributed by atoms with Crippen molar-refractivity contribution in [2.24, 2.45) is 5.92 Å². The van der Waals surface area contributed by atoms with Crippen molar-refractivity contribution in [2.45, 2.75) is 39.0 Å². The van der Waals surface area contributed by atoms with E-state index in [1.165, 1.54) is 16.9 Å². The van der Waals surface area contributed by atoms with Gasteiger partial charge < -0.3 is 14.8 Å². The number of nitrogens with zero attached hydrogens (tertiary/aromatic N) is 2. The zero-order valence-corrected chi connectivity index (χ0v) is 17.2.